The van der Waals surface area contributed by atoms with Crippen LogP contribution in [-0.2, 0) is 9.53 Å². The Morgan fingerprint density at radius 1 is 1.33 bits per heavy atom. The molecule has 0 aromatic heterocycles. The highest BCUT2D eigenvalue weighted by Gasteiger charge is 2.25. The highest BCUT2D eigenvalue weighted by atomic mass is 35.5. The maximum Gasteiger partial charge on any atom is 0.327 e. The number of halogens is 1. The third-order valence-corrected chi connectivity index (χ3v) is 4.20. The van der Waals surface area contributed by atoms with Gasteiger partial charge in [-0.2, -0.15) is 0 Å². The van der Waals surface area contributed by atoms with Gasteiger partial charge in [0.25, 0.3) is 0 Å². The van der Waals surface area contributed by atoms with E-state index in [0.29, 0.717) is 17.7 Å². The first-order valence-corrected chi connectivity index (χ1v) is 8.26. The van der Waals surface area contributed by atoms with Crippen molar-refractivity contribution in [2.24, 2.45) is 0 Å². The van der Waals surface area contributed by atoms with Crippen LogP contribution in [0.5, 0.6) is 0 Å². The Morgan fingerprint density at radius 3 is 2.67 bits per heavy atom. The maximum atomic E-state index is 12.3. The molecular weight excluding hydrogens is 286 g/mol. The molecule has 1 aliphatic carbocycles. The Morgan fingerprint density at radius 2 is 2.05 bits per heavy atom. The summed E-state index contributed by atoms with van der Waals surface area (Å²) in [5.74, 6) is -0.219. The first-order valence-electron chi connectivity index (χ1n) is 7.89. The number of rotatable bonds is 5. The Labute approximate surface area is 132 Å². The highest BCUT2D eigenvalue weighted by Crippen LogP contribution is 2.24. The predicted octanol–water partition coefficient (Wildman–Crippen LogP) is 4.26. The first kappa shape index (κ1) is 16.3. The van der Waals surface area contributed by atoms with E-state index in [4.69, 9.17) is 16.3 Å². The zero-order valence-corrected chi connectivity index (χ0v) is 13.4. The summed E-state index contributed by atoms with van der Waals surface area (Å²) in [6.07, 6.45) is 7.28. The first-order chi connectivity index (χ1) is 10.2. The van der Waals surface area contributed by atoms with Crippen LogP contribution in [0.3, 0.4) is 0 Å². The minimum Gasteiger partial charge on any atom is -0.465 e. The third-order valence-electron chi connectivity index (χ3n) is 3.96. The minimum atomic E-state index is -0.424. The van der Waals surface area contributed by atoms with Crippen molar-refractivity contribution in [1.29, 1.82) is 0 Å². The van der Waals surface area contributed by atoms with Crippen LogP contribution < -0.4 is 5.32 Å². The van der Waals surface area contributed by atoms with Gasteiger partial charge in [-0.25, -0.2) is 4.79 Å². The standard InChI is InChI=1S/C17H24ClNO2/c1-2-21-17(20)16(13-8-7-9-14(18)12-13)19-15-10-5-3-4-6-11-15/h7-9,12,15-16,19H,2-6,10-11H2,1H3. The van der Waals surface area contributed by atoms with Crippen LogP contribution in [0.25, 0.3) is 0 Å². The Kier molecular flexibility index (Phi) is 6.52. The van der Waals surface area contributed by atoms with Gasteiger partial charge in [0.05, 0.1) is 6.61 Å². The molecule has 0 bridgehead atoms. The lowest BCUT2D eigenvalue weighted by molar-refractivity contribution is -0.146. The van der Waals surface area contributed by atoms with Crippen molar-refractivity contribution in [3.05, 3.63) is 34.9 Å². The summed E-state index contributed by atoms with van der Waals surface area (Å²) in [5, 5.41) is 4.13. The number of esters is 1. The zero-order valence-electron chi connectivity index (χ0n) is 12.6. The largest absolute Gasteiger partial charge is 0.465 e. The number of carbonyl (C=O) groups is 1. The lowest BCUT2D eigenvalue weighted by atomic mass is 10.0. The van der Waals surface area contributed by atoms with Gasteiger partial charge in [0.1, 0.15) is 6.04 Å². The van der Waals surface area contributed by atoms with Crippen molar-refractivity contribution in [2.45, 2.75) is 57.5 Å². The molecule has 0 saturated heterocycles. The lowest BCUT2D eigenvalue weighted by Gasteiger charge is -2.24. The average Bonchev–Trinajstić information content (AvgIpc) is 2.73. The van der Waals surface area contributed by atoms with Gasteiger partial charge in [-0.3, -0.25) is 5.32 Å². The topological polar surface area (TPSA) is 38.3 Å². The summed E-state index contributed by atoms with van der Waals surface area (Å²) >= 11 is 6.06. The van der Waals surface area contributed by atoms with E-state index in [0.717, 1.165) is 18.4 Å². The quantitative estimate of drug-likeness (QED) is 0.652. The van der Waals surface area contributed by atoms with Crippen molar-refractivity contribution in [1.82, 2.24) is 5.32 Å². The normalized spacial score (nSPS) is 18.0. The summed E-state index contributed by atoms with van der Waals surface area (Å²) in [6.45, 7) is 2.22. The van der Waals surface area contributed by atoms with Gasteiger partial charge in [0.15, 0.2) is 0 Å². The molecular formula is C17H24ClNO2. The zero-order chi connectivity index (χ0) is 15.1. The fourth-order valence-electron chi connectivity index (χ4n) is 2.89. The van der Waals surface area contributed by atoms with Crippen molar-refractivity contribution in [3.8, 4) is 0 Å². The second-order valence-electron chi connectivity index (χ2n) is 5.60. The fourth-order valence-corrected chi connectivity index (χ4v) is 3.09. The van der Waals surface area contributed by atoms with Gasteiger partial charge in [0, 0.05) is 11.1 Å². The number of hydrogen-bond donors (Lipinski definition) is 1. The fraction of sp³-hybridized carbons (Fsp3) is 0.588. The van der Waals surface area contributed by atoms with Crippen LogP contribution in [-0.4, -0.2) is 18.6 Å². The molecule has 1 aromatic rings. The molecule has 1 atom stereocenters. The molecule has 4 heteroatoms. The molecule has 21 heavy (non-hydrogen) atoms. The van der Waals surface area contributed by atoms with Crippen LogP contribution in [0.15, 0.2) is 24.3 Å². The molecule has 0 aliphatic heterocycles. The van der Waals surface area contributed by atoms with Crippen LogP contribution in [0.4, 0.5) is 0 Å². The summed E-state index contributed by atoms with van der Waals surface area (Å²) in [5.41, 5.74) is 0.880. The van der Waals surface area contributed by atoms with E-state index in [2.05, 4.69) is 5.32 Å². The van der Waals surface area contributed by atoms with E-state index in [-0.39, 0.29) is 5.97 Å². The smallest absolute Gasteiger partial charge is 0.327 e. The van der Waals surface area contributed by atoms with Gasteiger partial charge in [-0.05, 0) is 37.5 Å². The van der Waals surface area contributed by atoms with E-state index in [1.807, 2.05) is 31.2 Å². The molecule has 0 amide bonds. The Hall–Kier alpha value is -1.06. The minimum absolute atomic E-state index is 0.219. The van der Waals surface area contributed by atoms with Crippen LogP contribution >= 0.6 is 11.6 Å². The number of nitrogens with one attached hydrogen (secondary N) is 1. The molecule has 1 saturated carbocycles. The number of hydrogen-bond acceptors (Lipinski definition) is 3. The molecule has 0 radical (unpaired) electrons. The molecule has 2 rings (SSSR count). The van der Waals surface area contributed by atoms with E-state index in [9.17, 15) is 4.79 Å². The SMILES string of the molecule is CCOC(=O)C(NC1CCCCCC1)c1cccc(Cl)c1. The summed E-state index contributed by atoms with van der Waals surface area (Å²) in [7, 11) is 0. The van der Waals surface area contributed by atoms with Gasteiger partial charge in [0.2, 0.25) is 0 Å². The molecule has 0 heterocycles. The van der Waals surface area contributed by atoms with Crippen molar-refractivity contribution in [2.75, 3.05) is 6.61 Å². The Bertz CT molecular complexity index is 456. The third kappa shape index (κ3) is 5.01. The summed E-state index contributed by atoms with van der Waals surface area (Å²) in [6, 6.07) is 7.41. The van der Waals surface area contributed by atoms with Gasteiger partial charge >= 0.3 is 5.97 Å². The van der Waals surface area contributed by atoms with Gasteiger partial charge in [-0.1, -0.05) is 49.4 Å². The van der Waals surface area contributed by atoms with Crippen LogP contribution in [0.1, 0.15) is 57.1 Å². The van der Waals surface area contributed by atoms with Crippen molar-refractivity contribution < 1.29 is 9.53 Å². The second-order valence-corrected chi connectivity index (χ2v) is 6.03. The van der Waals surface area contributed by atoms with Crippen molar-refractivity contribution in [3.63, 3.8) is 0 Å². The maximum absolute atomic E-state index is 12.3. The molecule has 1 N–H and O–H groups in total. The summed E-state index contributed by atoms with van der Waals surface area (Å²) < 4.78 is 5.23. The molecule has 0 spiro atoms. The average molecular weight is 310 g/mol. The molecule has 3 nitrogen and oxygen atoms in total. The molecule has 1 fully saturated rings. The molecule has 1 aromatic carbocycles. The predicted molar refractivity (Wildman–Crippen MR) is 85.5 cm³/mol. The van der Waals surface area contributed by atoms with Crippen molar-refractivity contribution >= 4 is 17.6 Å². The van der Waals surface area contributed by atoms with E-state index in [1.165, 1.54) is 25.7 Å². The highest BCUT2D eigenvalue weighted by molar-refractivity contribution is 6.30. The van der Waals surface area contributed by atoms with E-state index in [1.54, 1.807) is 0 Å². The summed E-state index contributed by atoms with van der Waals surface area (Å²) in [4.78, 5) is 12.3. The second kappa shape index (κ2) is 8.40. The lowest BCUT2D eigenvalue weighted by Crippen LogP contribution is -2.37. The van der Waals surface area contributed by atoms with Crippen LogP contribution in [0.2, 0.25) is 5.02 Å². The molecule has 1 unspecified atom stereocenters. The van der Waals surface area contributed by atoms with E-state index < -0.39 is 6.04 Å². The van der Waals surface area contributed by atoms with E-state index >= 15 is 0 Å². The molecule has 116 valence electrons. The number of ether oxygens (including phenoxy) is 1. The van der Waals surface area contributed by atoms with Gasteiger partial charge < -0.3 is 4.74 Å². The number of carbonyl (C=O) groups excluding carboxylic acids is 1. The molecule has 1 aliphatic rings. The van der Waals surface area contributed by atoms with Crippen LogP contribution in [0, 0.1) is 0 Å². The Balaban J connectivity index is 2.13. The number of benzene rings is 1. The van der Waals surface area contributed by atoms with Gasteiger partial charge in [-0.15, -0.1) is 0 Å². The monoisotopic (exact) mass is 309 g/mol.